The van der Waals surface area contributed by atoms with Gasteiger partial charge in [-0.25, -0.2) is 4.57 Å². The van der Waals surface area contributed by atoms with Gasteiger partial charge in [0.25, 0.3) is 0 Å². The summed E-state index contributed by atoms with van der Waals surface area (Å²) in [6, 6.07) is 0. The van der Waals surface area contributed by atoms with Crippen LogP contribution in [0.2, 0.25) is 0 Å². The van der Waals surface area contributed by atoms with E-state index in [0.29, 0.717) is 0 Å². The first-order valence-corrected chi connectivity index (χ1v) is 3.04. The molecule has 10 heavy (non-hydrogen) atoms. The van der Waals surface area contributed by atoms with Gasteiger partial charge in [-0.2, -0.15) is 0 Å². The van der Waals surface area contributed by atoms with E-state index in [-0.39, 0.29) is 16.6 Å². The van der Waals surface area contributed by atoms with Crippen molar-refractivity contribution in [2.75, 3.05) is 0 Å². The van der Waals surface area contributed by atoms with Crippen molar-refractivity contribution in [2.24, 2.45) is 0 Å². The topological polar surface area (TPSA) is 58.0 Å². The number of aromatic hydroxyl groups is 1. The third-order valence-electron chi connectivity index (χ3n) is 1.07. The molecule has 0 saturated carbocycles. The standard InChI is InChI=1S/C5H6N2O2S/c1-3(8)7-4(9)2-6-5(7)10/h2,9H,1H3,(H,6,10). The molecular weight excluding hydrogens is 152 g/mol. The van der Waals surface area contributed by atoms with E-state index in [1.165, 1.54) is 13.1 Å². The maximum atomic E-state index is 10.7. The zero-order valence-electron chi connectivity index (χ0n) is 5.29. The lowest BCUT2D eigenvalue weighted by atomic mass is 10.7. The Labute approximate surface area is 62.1 Å². The first-order valence-electron chi connectivity index (χ1n) is 2.63. The van der Waals surface area contributed by atoms with Crippen LogP contribution in [0, 0.1) is 4.77 Å². The zero-order chi connectivity index (χ0) is 7.72. The molecule has 0 aliphatic carbocycles. The van der Waals surface area contributed by atoms with Gasteiger partial charge in [-0.05, 0) is 12.2 Å². The molecule has 1 rings (SSSR count). The van der Waals surface area contributed by atoms with Crippen LogP contribution in [-0.2, 0) is 0 Å². The molecule has 0 amide bonds. The van der Waals surface area contributed by atoms with Gasteiger partial charge in [-0.3, -0.25) is 4.79 Å². The Morgan fingerprint density at radius 3 is 2.70 bits per heavy atom. The van der Waals surface area contributed by atoms with Crippen molar-refractivity contribution >= 4 is 18.1 Å². The first-order chi connectivity index (χ1) is 4.63. The first kappa shape index (κ1) is 7.01. The predicted octanol–water partition coefficient (Wildman–Crippen LogP) is 0.911. The summed E-state index contributed by atoms with van der Waals surface area (Å²) >= 11 is 4.68. The number of rotatable bonds is 0. The second kappa shape index (κ2) is 2.26. The number of imidazole rings is 1. The minimum absolute atomic E-state index is 0.155. The highest BCUT2D eigenvalue weighted by Gasteiger charge is 2.04. The van der Waals surface area contributed by atoms with E-state index in [2.05, 4.69) is 17.2 Å². The van der Waals surface area contributed by atoms with E-state index in [0.717, 1.165) is 4.57 Å². The Balaban J connectivity index is 3.37. The molecule has 1 heterocycles. The van der Waals surface area contributed by atoms with Crippen molar-refractivity contribution in [3.05, 3.63) is 11.0 Å². The smallest absolute Gasteiger partial charge is 0.232 e. The van der Waals surface area contributed by atoms with E-state index < -0.39 is 0 Å². The molecule has 0 unspecified atom stereocenters. The van der Waals surface area contributed by atoms with Crippen LogP contribution in [0.5, 0.6) is 5.88 Å². The molecular formula is C5H6N2O2S. The van der Waals surface area contributed by atoms with Crippen molar-refractivity contribution in [3.63, 3.8) is 0 Å². The van der Waals surface area contributed by atoms with Gasteiger partial charge in [-0.1, -0.05) is 0 Å². The zero-order valence-corrected chi connectivity index (χ0v) is 6.10. The number of aromatic amines is 1. The van der Waals surface area contributed by atoms with Gasteiger partial charge in [0.1, 0.15) is 0 Å². The van der Waals surface area contributed by atoms with E-state index >= 15 is 0 Å². The van der Waals surface area contributed by atoms with Crippen molar-refractivity contribution < 1.29 is 9.90 Å². The van der Waals surface area contributed by atoms with Crippen LogP contribution in [0.1, 0.15) is 11.7 Å². The third kappa shape index (κ3) is 0.950. The molecule has 54 valence electrons. The largest absolute Gasteiger partial charge is 0.493 e. The summed E-state index contributed by atoms with van der Waals surface area (Å²) in [6.07, 6.45) is 1.27. The summed E-state index contributed by atoms with van der Waals surface area (Å²) in [5.74, 6) is -0.457. The summed E-state index contributed by atoms with van der Waals surface area (Å²) in [5, 5.41) is 8.95. The molecule has 0 aliphatic rings. The van der Waals surface area contributed by atoms with Crippen LogP contribution in [-0.4, -0.2) is 20.6 Å². The number of hydrogen-bond acceptors (Lipinski definition) is 3. The number of nitrogens with one attached hydrogen (secondary N) is 1. The number of nitrogens with zero attached hydrogens (tertiary/aromatic N) is 1. The minimum Gasteiger partial charge on any atom is -0.493 e. The molecule has 5 heteroatoms. The van der Waals surface area contributed by atoms with Gasteiger partial charge in [-0.15, -0.1) is 0 Å². The van der Waals surface area contributed by atoms with Gasteiger partial charge < -0.3 is 10.1 Å². The SMILES string of the molecule is CC(=O)n1c(O)c[nH]c1=S. The molecule has 0 spiro atoms. The minimum atomic E-state index is -0.302. The van der Waals surface area contributed by atoms with Crippen molar-refractivity contribution in [1.82, 2.24) is 9.55 Å². The molecule has 1 aromatic heterocycles. The summed E-state index contributed by atoms with van der Waals surface area (Å²) < 4.78 is 1.22. The predicted molar refractivity (Wildman–Crippen MR) is 37.6 cm³/mol. The monoisotopic (exact) mass is 158 g/mol. The Bertz CT molecular complexity index is 312. The van der Waals surface area contributed by atoms with Crippen molar-refractivity contribution in [2.45, 2.75) is 6.92 Å². The molecule has 4 nitrogen and oxygen atoms in total. The van der Waals surface area contributed by atoms with Crippen LogP contribution < -0.4 is 0 Å². The highest BCUT2D eigenvalue weighted by molar-refractivity contribution is 7.71. The summed E-state index contributed by atoms with van der Waals surface area (Å²) in [5.41, 5.74) is 0. The van der Waals surface area contributed by atoms with Crippen LogP contribution in [0.3, 0.4) is 0 Å². The molecule has 0 saturated heterocycles. The average Bonchev–Trinajstić information content (AvgIpc) is 2.11. The Hall–Kier alpha value is -1.10. The van der Waals surface area contributed by atoms with Gasteiger partial charge >= 0.3 is 0 Å². The highest BCUT2D eigenvalue weighted by atomic mass is 32.1. The second-order valence-electron chi connectivity index (χ2n) is 1.81. The fourth-order valence-electron chi connectivity index (χ4n) is 0.664. The fraction of sp³-hybridized carbons (Fsp3) is 0.200. The lowest BCUT2D eigenvalue weighted by molar-refractivity contribution is 0.0926. The van der Waals surface area contributed by atoms with Gasteiger partial charge in [0.15, 0.2) is 4.77 Å². The van der Waals surface area contributed by atoms with Gasteiger partial charge in [0.05, 0.1) is 6.20 Å². The Morgan fingerprint density at radius 1 is 1.90 bits per heavy atom. The molecule has 0 atom stereocenters. The Kier molecular flexibility index (Phi) is 1.58. The highest BCUT2D eigenvalue weighted by Crippen LogP contribution is 2.07. The molecule has 0 aliphatic heterocycles. The Morgan fingerprint density at radius 2 is 2.50 bits per heavy atom. The van der Waals surface area contributed by atoms with Gasteiger partial charge in [0.2, 0.25) is 11.8 Å². The molecule has 0 fully saturated rings. The maximum Gasteiger partial charge on any atom is 0.232 e. The lowest BCUT2D eigenvalue weighted by Crippen LogP contribution is -2.04. The van der Waals surface area contributed by atoms with E-state index in [9.17, 15) is 4.79 Å². The second-order valence-corrected chi connectivity index (χ2v) is 2.19. The number of H-pyrrole nitrogens is 1. The van der Waals surface area contributed by atoms with Crippen LogP contribution in [0.15, 0.2) is 6.20 Å². The molecule has 0 radical (unpaired) electrons. The fourth-order valence-corrected chi connectivity index (χ4v) is 0.945. The van der Waals surface area contributed by atoms with E-state index in [1.54, 1.807) is 0 Å². The molecule has 0 bridgehead atoms. The normalized spacial score (nSPS) is 9.70. The van der Waals surface area contributed by atoms with Crippen LogP contribution >= 0.6 is 12.2 Å². The molecule has 0 aromatic carbocycles. The number of aromatic nitrogens is 2. The lowest BCUT2D eigenvalue weighted by Gasteiger charge is -1.93. The average molecular weight is 158 g/mol. The quantitative estimate of drug-likeness (QED) is 0.552. The number of carbonyl (C=O) groups excluding carboxylic acids is 1. The third-order valence-corrected chi connectivity index (χ3v) is 1.37. The maximum absolute atomic E-state index is 10.7. The molecule has 2 N–H and O–H groups in total. The van der Waals surface area contributed by atoms with Crippen LogP contribution in [0.4, 0.5) is 0 Å². The summed E-state index contributed by atoms with van der Waals surface area (Å²) in [6.45, 7) is 1.32. The van der Waals surface area contributed by atoms with Crippen LogP contribution in [0.25, 0.3) is 0 Å². The van der Waals surface area contributed by atoms with Gasteiger partial charge in [0, 0.05) is 6.92 Å². The van der Waals surface area contributed by atoms with E-state index in [1.807, 2.05) is 0 Å². The molecule has 1 aromatic rings. The van der Waals surface area contributed by atoms with Crippen molar-refractivity contribution in [3.8, 4) is 5.88 Å². The summed E-state index contributed by atoms with van der Waals surface area (Å²) in [4.78, 5) is 13.2. The van der Waals surface area contributed by atoms with E-state index in [4.69, 9.17) is 5.11 Å². The number of carbonyl (C=O) groups is 1. The number of hydrogen-bond donors (Lipinski definition) is 2. The van der Waals surface area contributed by atoms with Crippen molar-refractivity contribution in [1.29, 1.82) is 0 Å². The summed E-state index contributed by atoms with van der Waals surface area (Å²) in [7, 11) is 0.